The Morgan fingerprint density at radius 2 is 1.67 bits per heavy atom. The average molecular weight is 487 g/mol. The van der Waals surface area contributed by atoms with E-state index in [4.69, 9.17) is 15.5 Å². The van der Waals surface area contributed by atoms with E-state index in [0.29, 0.717) is 5.56 Å². The number of ether oxygens (including phenoxy) is 1. The van der Waals surface area contributed by atoms with Crippen molar-refractivity contribution < 1.29 is 9.53 Å². The lowest BCUT2D eigenvalue weighted by Crippen LogP contribution is -2.10. The number of carbonyl (C=O) groups is 1. The quantitative estimate of drug-likeness (QED) is 0.205. The second kappa shape index (κ2) is 12.4. The summed E-state index contributed by atoms with van der Waals surface area (Å²) >= 11 is 0. The van der Waals surface area contributed by atoms with E-state index in [2.05, 4.69) is 29.0 Å². The molecule has 0 spiro atoms. The van der Waals surface area contributed by atoms with Crippen LogP contribution in [0.15, 0.2) is 53.2 Å². The first kappa shape index (κ1) is 25.5. The summed E-state index contributed by atoms with van der Waals surface area (Å²) in [7, 11) is 1.67. The zero-order valence-electron chi connectivity index (χ0n) is 21.5. The minimum absolute atomic E-state index is 0.433. The fourth-order valence-electron chi connectivity index (χ4n) is 4.71. The van der Waals surface area contributed by atoms with Crippen molar-refractivity contribution in [1.82, 2.24) is 9.97 Å². The van der Waals surface area contributed by atoms with Gasteiger partial charge in [0.1, 0.15) is 5.75 Å². The van der Waals surface area contributed by atoms with E-state index in [1.54, 1.807) is 19.2 Å². The van der Waals surface area contributed by atoms with E-state index in [1.165, 1.54) is 57.8 Å². The zero-order valence-corrected chi connectivity index (χ0v) is 21.5. The molecule has 0 bridgehead atoms. The Morgan fingerprint density at radius 1 is 0.944 bits per heavy atom. The number of allylic oxidation sites excluding steroid dienone is 2. The number of benzene rings is 1. The van der Waals surface area contributed by atoms with Gasteiger partial charge in [0.2, 0.25) is 5.91 Å². The third kappa shape index (κ3) is 6.56. The Morgan fingerprint density at radius 3 is 2.39 bits per heavy atom. The van der Waals surface area contributed by atoms with Crippen LogP contribution in [0, 0.1) is 0 Å². The number of primary amides is 1. The van der Waals surface area contributed by atoms with Crippen LogP contribution in [0.3, 0.4) is 0 Å². The lowest BCUT2D eigenvalue weighted by molar-refractivity contribution is 0.100. The Hall–Kier alpha value is -3.54. The summed E-state index contributed by atoms with van der Waals surface area (Å²) in [6.45, 7) is 2.27. The molecule has 0 saturated heterocycles. The molecular formula is C30H38N4O2. The monoisotopic (exact) mass is 486 g/mol. The van der Waals surface area contributed by atoms with Crippen LogP contribution < -0.4 is 10.5 Å². The van der Waals surface area contributed by atoms with E-state index in [9.17, 15) is 4.79 Å². The highest BCUT2D eigenvalue weighted by Gasteiger charge is 2.13. The normalized spacial score (nSPS) is 14.2. The highest BCUT2D eigenvalue weighted by Crippen LogP contribution is 2.31. The first-order valence-corrected chi connectivity index (χ1v) is 13.2. The van der Waals surface area contributed by atoms with Gasteiger partial charge in [-0.2, -0.15) is 0 Å². The van der Waals surface area contributed by atoms with Gasteiger partial charge in [0.25, 0.3) is 0 Å². The van der Waals surface area contributed by atoms with E-state index in [-0.39, 0.29) is 0 Å². The molecule has 2 aromatic heterocycles. The van der Waals surface area contributed by atoms with Crippen LogP contribution in [-0.4, -0.2) is 28.7 Å². The molecule has 0 unspecified atom stereocenters. The molecule has 3 aromatic rings. The number of methoxy groups -OCH3 is 1. The van der Waals surface area contributed by atoms with Crippen molar-refractivity contribution in [3.8, 4) is 17.1 Å². The number of aliphatic imine (C=N–C) groups is 1. The molecule has 190 valence electrons. The highest BCUT2D eigenvalue weighted by atomic mass is 16.5. The van der Waals surface area contributed by atoms with Crippen molar-refractivity contribution in [3.63, 3.8) is 0 Å². The van der Waals surface area contributed by atoms with Crippen LogP contribution in [0.4, 0.5) is 0 Å². The van der Waals surface area contributed by atoms with Gasteiger partial charge in [0.05, 0.1) is 29.9 Å². The molecule has 0 aliphatic carbocycles. The topological polar surface area (TPSA) is 96.3 Å². The first-order valence-electron chi connectivity index (χ1n) is 13.2. The number of aromatic amines is 2. The second-order valence-corrected chi connectivity index (χ2v) is 9.60. The number of carbonyl (C=O) groups excluding carboxylic acids is 1. The molecule has 0 saturated carbocycles. The van der Waals surface area contributed by atoms with Crippen LogP contribution in [0.2, 0.25) is 0 Å². The van der Waals surface area contributed by atoms with Crippen molar-refractivity contribution in [3.05, 3.63) is 59.4 Å². The summed E-state index contributed by atoms with van der Waals surface area (Å²) in [6, 6.07) is 9.37. The molecule has 1 aliphatic heterocycles. The number of rotatable bonds is 14. The van der Waals surface area contributed by atoms with Crippen LogP contribution in [0.25, 0.3) is 28.4 Å². The number of hydrogen-bond donors (Lipinski definition) is 3. The predicted molar refractivity (Wildman–Crippen MR) is 150 cm³/mol. The minimum atomic E-state index is -0.433. The molecule has 6 heteroatoms. The standard InChI is InChI=1S/C30H38N4O2/c1-3-4-5-6-7-8-9-10-11-12-23-14-15-24(32-23)19-28-29(36-2)20-27(34-28)26-18-22-17-21(30(31)35)13-16-25(22)33-26/h13-20,33-34H,3-12H2,1-2H3,(H2,31,35)/b24-19+. The van der Waals surface area contributed by atoms with Gasteiger partial charge in [0.15, 0.2) is 0 Å². The van der Waals surface area contributed by atoms with Crippen molar-refractivity contribution in [2.24, 2.45) is 10.7 Å². The summed E-state index contributed by atoms with van der Waals surface area (Å²) in [5, 5.41) is 0.930. The number of H-pyrrole nitrogens is 2. The van der Waals surface area contributed by atoms with Crippen LogP contribution in [0.5, 0.6) is 5.75 Å². The SMILES string of the molecule is CCCCCCCCCCCC1=N/C(=C/c2[nH]c(-c3cc4cc(C(N)=O)ccc4[nH]3)cc2OC)C=C1. The molecule has 3 heterocycles. The number of hydrogen-bond acceptors (Lipinski definition) is 3. The molecule has 36 heavy (non-hydrogen) atoms. The van der Waals surface area contributed by atoms with E-state index in [1.807, 2.05) is 24.3 Å². The lowest BCUT2D eigenvalue weighted by atomic mass is 10.1. The number of amides is 1. The van der Waals surface area contributed by atoms with Gasteiger partial charge in [-0.3, -0.25) is 9.79 Å². The third-order valence-corrected chi connectivity index (χ3v) is 6.77. The molecule has 1 aliphatic rings. The number of nitrogens with one attached hydrogen (secondary N) is 2. The molecule has 6 nitrogen and oxygen atoms in total. The number of nitrogens with two attached hydrogens (primary N) is 1. The summed E-state index contributed by atoms with van der Waals surface area (Å²) in [5.74, 6) is 0.322. The van der Waals surface area contributed by atoms with Gasteiger partial charge in [-0.25, -0.2) is 0 Å². The molecule has 1 amide bonds. The number of nitrogens with zero attached hydrogens (tertiary/aromatic N) is 1. The van der Waals surface area contributed by atoms with E-state index in [0.717, 1.165) is 51.6 Å². The molecule has 4 N–H and O–H groups in total. The Kier molecular flexibility index (Phi) is 8.82. The first-order chi connectivity index (χ1) is 17.6. The highest BCUT2D eigenvalue weighted by molar-refractivity contribution is 5.99. The fraction of sp³-hybridized carbons (Fsp3) is 0.400. The second-order valence-electron chi connectivity index (χ2n) is 9.60. The fourth-order valence-corrected chi connectivity index (χ4v) is 4.71. The van der Waals surface area contributed by atoms with Gasteiger partial charge in [-0.1, -0.05) is 58.3 Å². The number of unbranched alkanes of at least 4 members (excludes halogenated alkanes) is 8. The third-order valence-electron chi connectivity index (χ3n) is 6.77. The molecule has 4 rings (SSSR count). The van der Waals surface area contributed by atoms with E-state index >= 15 is 0 Å². The number of aromatic nitrogens is 2. The van der Waals surface area contributed by atoms with Crippen LogP contribution >= 0.6 is 0 Å². The van der Waals surface area contributed by atoms with Gasteiger partial charge in [0, 0.05) is 28.2 Å². The summed E-state index contributed by atoms with van der Waals surface area (Å²) in [4.78, 5) is 23.2. The van der Waals surface area contributed by atoms with Gasteiger partial charge in [-0.15, -0.1) is 0 Å². The lowest BCUT2D eigenvalue weighted by Gasteiger charge is -2.02. The smallest absolute Gasteiger partial charge is 0.248 e. The Balaban J connectivity index is 1.35. The Labute approximate surface area is 213 Å². The molecule has 1 aromatic carbocycles. The maximum absolute atomic E-state index is 11.5. The Bertz CT molecular complexity index is 1280. The largest absolute Gasteiger partial charge is 0.494 e. The van der Waals surface area contributed by atoms with Crippen molar-refractivity contribution >= 4 is 28.6 Å². The summed E-state index contributed by atoms with van der Waals surface area (Å²) in [5.41, 5.74) is 11.6. The van der Waals surface area contributed by atoms with Crippen molar-refractivity contribution in [2.75, 3.05) is 7.11 Å². The average Bonchev–Trinajstić information content (AvgIpc) is 3.60. The predicted octanol–water partition coefficient (Wildman–Crippen LogP) is 7.54. The number of fused-ring (bicyclic) bond motifs is 1. The van der Waals surface area contributed by atoms with Crippen LogP contribution in [-0.2, 0) is 0 Å². The van der Waals surface area contributed by atoms with Crippen molar-refractivity contribution in [1.29, 1.82) is 0 Å². The van der Waals surface area contributed by atoms with Gasteiger partial charge in [-0.05, 0) is 55.3 Å². The minimum Gasteiger partial charge on any atom is -0.494 e. The molecule has 0 fully saturated rings. The van der Waals surface area contributed by atoms with Crippen molar-refractivity contribution in [2.45, 2.75) is 71.1 Å². The maximum Gasteiger partial charge on any atom is 0.248 e. The molecule has 0 atom stereocenters. The van der Waals surface area contributed by atoms with Crippen LogP contribution in [0.1, 0.15) is 87.2 Å². The molecular weight excluding hydrogens is 448 g/mol. The maximum atomic E-state index is 11.5. The summed E-state index contributed by atoms with van der Waals surface area (Å²) < 4.78 is 5.62. The van der Waals surface area contributed by atoms with E-state index < -0.39 is 5.91 Å². The van der Waals surface area contributed by atoms with Gasteiger partial charge < -0.3 is 20.4 Å². The zero-order chi connectivity index (χ0) is 25.3. The molecule has 0 radical (unpaired) electrons. The van der Waals surface area contributed by atoms with Gasteiger partial charge >= 0.3 is 0 Å². The summed E-state index contributed by atoms with van der Waals surface area (Å²) in [6.07, 6.45) is 19.2.